The fourth-order valence-electron chi connectivity index (χ4n) is 2.37. The number of imidazole rings is 1. The van der Waals surface area contributed by atoms with Crippen LogP contribution in [-0.2, 0) is 5.54 Å². The van der Waals surface area contributed by atoms with Crippen molar-refractivity contribution in [2.75, 3.05) is 5.73 Å². The summed E-state index contributed by atoms with van der Waals surface area (Å²) in [4.78, 5) is 13.2. The van der Waals surface area contributed by atoms with Gasteiger partial charge in [0, 0.05) is 17.9 Å². The van der Waals surface area contributed by atoms with Crippen LogP contribution in [0, 0.1) is 0 Å². The number of rotatable bonds is 1. The highest BCUT2D eigenvalue weighted by molar-refractivity contribution is 5.81. The lowest BCUT2D eigenvalue weighted by Crippen LogP contribution is -2.23. The molecule has 0 bridgehead atoms. The smallest absolute Gasteiger partial charge is 0.162 e. The number of pyridine rings is 2. The average Bonchev–Trinajstić information content (AvgIpc) is 2.78. The second-order valence-electron chi connectivity index (χ2n) is 5.75. The largest absolute Gasteiger partial charge is 0.397 e. The van der Waals surface area contributed by atoms with Gasteiger partial charge in [-0.25, -0.2) is 4.98 Å². The summed E-state index contributed by atoms with van der Waals surface area (Å²) in [6, 6.07) is 5.63. The molecule has 0 saturated carbocycles. The lowest BCUT2D eigenvalue weighted by atomic mass is 10.1. The normalized spacial score (nSPS) is 11.9. The van der Waals surface area contributed by atoms with Gasteiger partial charge in [-0.1, -0.05) is 0 Å². The molecule has 0 radical (unpaired) electrons. The third kappa shape index (κ3) is 1.91. The van der Waals surface area contributed by atoms with E-state index in [0.717, 1.165) is 16.9 Å². The average molecular weight is 267 g/mol. The molecule has 5 heteroatoms. The van der Waals surface area contributed by atoms with Gasteiger partial charge in [0.05, 0.1) is 17.4 Å². The van der Waals surface area contributed by atoms with Crippen molar-refractivity contribution in [1.29, 1.82) is 0 Å². The first-order valence-corrected chi connectivity index (χ1v) is 6.52. The van der Waals surface area contributed by atoms with E-state index in [9.17, 15) is 0 Å². The highest BCUT2D eigenvalue weighted by Gasteiger charge is 2.23. The Balaban J connectivity index is 2.39. The molecule has 0 atom stereocenters. The van der Waals surface area contributed by atoms with Crippen molar-refractivity contribution in [2.45, 2.75) is 26.3 Å². The summed E-state index contributed by atoms with van der Waals surface area (Å²) in [6.45, 7) is 6.41. The van der Waals surface area contributed by atoms with E-state index in [0.29, 0.717) is 11.4 Å². The summed E-state index contributed by atoms with van der Waals surface area (Å²) in [5.41, 5.74) is 9.14. The molecule has 0 aromatic carbocycles. The highest BCUT2D eigenvalue weighted by atomic mass is 15.1. The summed E-state index contributed by atoms with van der Waals surface area (Å²) in [5, 5.41) is 0. The molecule has 3 rings (SSSR count). The predicted octanol–water partition coefficient (Wildman–Crippen LogP) is 2.83. The van der Waals surface area contributed by atoms with Gasteiger partial charge in [0.2, 0.25) is 0 Å². The molecule has 3 heterocycles. The zero-order chi connectivity index (χ0) is 14.3. The standard InChI is InChI=1S/C15H17N5/c1-15(2,3)20-12-6-8-17-9-11(12)19-14(20)13-10(16)5-4-7-18-13/h4-9H,16H2,1-3H3. The number of nitrogens with zero attached hydrogens (tertiary/aromatic N) is 4. The second kappa shape index (κ2) is 4.30. The summed E-state index contributed by atoms with van der Waals surface area (Å²) in [6.07, 6.45) is 5.27. The van der Waals surface area contributed by atoms with E-state index in [1.54, 1.807) is 18.6 Å². The van der Waals surface area contributed by atoms with E-state index < -0.39 is 0 Å². The van der Waals surface area contributed by atoms with Gasteiger partial charge in [0.15, 0.2) is 5.82 Å². The monoisotopic (exact) mass is 267 g/mol. The van der Waals surface area contributed by atoms with Crippen molar-refractivity contribution in [3.05, 3.63) is 36.8 Å². The first-order valence-electron chi connectivity index (χ1n) is 6.52. The molecule has 5 nitrogen and oxygen atoms in total. The Morgan fingerprint density at radius 2 is 1.95 bits per heavy atom. The minimum atomic E-state index is -0.130. The zero-order valence-corrected chi connectivity index (χ0v) is 11.8. The molecule has 0 fully saturated rings. The summed E-state index contributed by atoms with van der Waals surface area (Å²) in [7, 11) is 0. The second-order valence-corrected chi connectivity index (χ2v) is 5.75. The Morgan fingerprint density at radius 1 is 1.15 bits per heavy atom. The van der Waals surface area contributed by atoms with Gasteiger partial charge in [0.25, 0.3) is 0 Å². The molecule has 3 aromatic heterocycles. The van der Waals surface area contributed by atoms with Crippen molar-refractivity contribution in [1.82, 2.24) is 19.5 Å². The number of nitrogen functional groups attached to an aromatic ring is 1. The third-order valence-electron chi connectivity index (χ3n) is 3.18. The molecule has 20 heavy (non-hydrogen) atoms. The lowest BCUT2D eigenvalue weighted by Gasteiger charge is -2.24. The van der Waals surface area contributed by atoms with Crippen LogP contribution in [0.15, 0.2) is 36.8 Å². The number of hydrogen-bond acceptors (Lipinski definition) is 4. The molecule has 102 valence electrons. The first-order chi connectivity index (χ1) is 9.48. The van der Waals surface area contributed by atoms with E-state index in [2.05, 4.69) is 40.3 Å². The van der Waals surface area contributed by atoms with Gasteiger partial charge in [-0.2, -0.15) is 0 Å². The maximum atomic E-state index is 6.06. The molecular weight excluding hydrogens is 250 g/mol. The van der Waals surface area contributed by atoms with Crippen molar-refractivity contribution in [3.63, 3.8) is 0 Å². The van der Waals surface area contributed by atoms with Crippen molar-refractivity contribution in [2.24, 2.45) is 0 Å². The van der Waals surface area contributed by atoms with E-state index >= 15 is 0 Å². The molecule has 0 aliphatic carbocycles. The summed E-state index contributed by atoms with van der Waals surface area (Å²) >= 11 is 0. The van der Waals surface area contributed by atoms with Crippen LogP contribution in [0.2, 0.25) is 0 Å². The molecule has 0 aliphatic rings. The molecule has 0 amide bonds. The van der Waals surface area contributed by atoms with Crippen LogP contribution in [0.3, 0.4) is 0 Å². The Bertz CT molecular complexity index is 767. The molecule has 0 aliphatic heterocycles. The zero-order valence-electron chi connectivity index (χ0n) is 11.8. The van der Waals surface area contributed by atoms with Crippen LogP contribution >= 0.6 is 0 Å². The van der Waals surface area contributed by atoms with Gasteiger partial charge in [-0.3, -0.25) is 9.97 Å². The predicted molar refractivity (Wildman–Crippen MR) is 80.2 cm³/mol. The van der Waals surface area contributed by atoms with Gasteiger partial charge in [0.1, 0.15) is 11.2 Å². The Labute approximate surface area is 117 Å². The van der Waals surface area contributed by atoms with E-state index in [-0.39, 0.29) is 5.54 Å². The molecule has 0 spiro atoms. The first kappa shape index (κ1) is 12.6. The van der Waals surface area contributed by atoms with Crippen LogP contribution in [-0.4, -0.2) is 19.5 Å². The highest BCUT2D eigenvalue weighted by Crippen LogP contribution is 2.31. The minimum Gasteiger partial charge on any atom is -0.397 e. The topological polar surface area (TPSA) is 69.6 Å². The molecule has 0 saturated heterocycles. The number of hydrogen-bond donors (Lipinski definition) is 1. The van der Waals surface area contributed by atoms with E-state index in [4.69, 9.17) is 5.73 Å². The van der Waals surface area contributed by atoms with E-state index in [1.807, 2.05) is 18.2 Å². The molecule has 0 unspecified atom stereocenters. The molecular formula is C15H17N5. The SMILES string of the molecule is CC(C)(C)n1c(-c2ncccc2N)nc2cnccc21. The van der Waals surface area contributed by atoms with Crippen LogP contribution in [0.4, 0.5) is 5.69 Å². The number of fused-ring (bicyclic) bond motifs is 1. The van der Waals surface area contributed by atoms with Crippen molar-refractivity contribution < 1.29 is 0 Å². The minimum absolute atomic E-state index is 0.130. The quantitative estimate of drug-likeness (QED) is 0.736. The lowest BCUT2D eigenvalue weighted by molar-refractivity contribution is 0.412. The Hall–Kier alpha value is -2.43. The van der Waals surface area contributed by atoms with Gasteiger partial charge in [-0.15, -0.1) is 0 Å². The van der Waals surface area contributed by atoms with Gasteiger partial charge in [-0.05, 0) is 39.0 Å². The Morgan fingerprint density at radius 3 is 2.65 bits per heavy atom. The summed E-state index contributed by atoms with van der Waals surface area (Å²) in [5.74, 6) is 0.776. The number of nitrogens with two attached hydrogens (primary N) is 1. The number of anilines is 1. The van der Waals surface area contributed by atoms with Crippen LogP contribution < -0.4 is 5.73 Å². The van der Waals surface area contributed by atoms with Crippen molar-refractivity contribution in [3.8, 4) is 11.5 Å². The van der Waals surface area contributed by atoms with Crippen LogP contribution in [0.5, 0.6) is 0 Å². The maximum absolute atomic E-state index is 6.06. The molecule has 3 aromatic rings. The van der Waals surface area contributed by atoms with Crippen molar-refractivity contribution >= 4 is 16.7 Å². The fraction of sp³-hybridized carbons (Fsp3) is 0.267. The fourth-order valence-corrected chi connectivity index (χ4v) is 2.37. The van der Waals surface area contributed by atoms with Crippen LogP contribution in [0.25, 0.3) is 22.6 Å². The number of aromatic nitrogens is 4. The van der Waals surface area contributed by atoms with E-state index in [1.165, 1.54) is 0 Å². The Kier molecular flexibility index (Phi) is 2.71. The maximum Gasteiger partial charge on any atom is 0.162 e. The summed E-state index contributed by atoms with van der Waals surface area (Å²) < 4.78 is 2.16. The van der Waals surface area contributed by atoms with Crippen LogP contribution in [0.1, 0.15) is 20.8 Å². The van der Waals surface area contributed by atoms with Gasteiger partial charge < -0.3 is 10.3 Å². The third-order valence-corrected chi connectivity index (χ3v) is 3.18. The molecule has 2 N–H and O–H groups in total. The van der Waals surface area contributed by atoms with Gasteiger partial charge >= 0.3 is 0 Å².